The highest BCUT2D eigenvalue weighted by Gasteiger charge is 2.29. The molecule has 2 rings (SSSR count). The number of benzene rings is 1. The Morgan fingerprint density at radius 3 is 2.60 bits per heavy atom. The minimum atomic E-state index is -0.503. The van der Waals surface area contributed by atoms with E-state index >= 15 is 0 Å². The molecule has 104 valence electrons. The van der Waals surface area contributed by atoms with E-state index in [1.807, 2.05) is 6.19 Å². The van der Waals surface area contributed by atoms with Gasteiger partial charge in [0, 0.05) is 19.4 Å². The molecule has 0 radical (unpaired) electrons. The summed E-state index contributed by atoms with van der Waals surface area (Å²) >= 11 is 0. The van der Waals surface area contributed by atoms with Crippen molar-refractivity contribution in [3.8, 4) is 6.19 Å². The lowest BCUT2D eigenvalue weighted by Crippen LogP contribution is -2.36. The molecule has 0 bridgehead atoms. The van der Waals surface area contributed by atoms with E-state index in [0.29, 0.717) is 0 Å². The monoisotopic (exact) mass is 275 g/mol. The Labute approximate surface area is 116 Å². The number of imide groups is 1. The number of hydrogen-bond donors (Lipinski definition) is 0. The molecule has 1 aliphatic heterocycles. The highest BCUT2D eigenvalue weighted by Crippen LogP contribution is 2.20. The molecule has 0 atom stereocenters. The molecule has 0 aliphatic carbocycles. The Balaban J connectivity index is 2.10. The molecule has 1 aromatic carbocycles. The van der Waals surface area contributed by atoms with Gasteiger partial charge in [-0.3, -0.25) is 19.4 Å². The van der Waals surface area contributed by atoms with E-state index in [1.54, 1.807) is 19.1 Å². The first-order chi connectivity index (χ1) is 9.52. The van der Waals surface area contributed by atoms with Crippen molar-refractivity contribution < 1.29 is 14.0 Å². The number of nitrogens with zero attached hydrogens (tertiary/aromatic N) is 3. The number of carbonyl (C=O) groups is 2. The molecule has 0 aromatic heterocycles. The lowest BCUT2D eigenvalue weighted by Gasteiger charge is -2.20. The van der Waals surface area contributed by atoms with Gasteiger partial charge in [0.1, 0.15) is 5.82 Å². The molecule has 2 amide bonds. The van der Waals surface area contributed by atoms with Gasteiger partial charge >= 0.3 is 0 Å². The van der Waals surface area contributed by atoms with E-state index in [4.69, 9.17) is 5.26 Å². The SMILES string of the molecule is Cc1ccc(F)c(N(C#N)CCN2C(=O)CCC2=O)c1. The molecular formula is C14H14FN3O2. The minimum Gasteiger partial charge on any atom is -0.281 e. The Morgan fingerprint density at radius 1 is 1.35 bits per heavy atom. The second-order valence-corrected chi connectivity index (χ2v) is 4.65. The maximum Gasteiger partial charge on any atom is 0.229 e. The lowest BCUT2D eigenvalue weighted by molar-refractivity contribution is -0.138. The molecule has 1 aliphatic rings. The Morgan fingerprint density at radius 2 is 2.00 bits per heavy atom. The van der Waals surface area contributed by atoms with Crippen molar-refractivity contribution >= 4 is 17.5 Å². The first-order valence-corrected chi connectivity index (χ1v) is 6.29. The van der Waals surface area contributed by atoms with Crippen molar-refractivity contribution in [1.82, 2.24) is 4.90 Å². The van der Waals surface area contributed by atoms with Crippen LogP contribution in [0.5, 0.6) is 0 Å². The first kappa shape index (κ1) is 14.0. The van der Waals surface area contributed by atoms with Crippen LogP contribution < -0.4 is 4.90 Å². The molecule has 0 unspecified atom stereocenters. The second kappa shape index (κ2) is 5.70. The van der Waals surface area contributed by atoms with Crippen molar-refractivity contribution in [3.63, 3.8) is 0 Å². The molecule has 1 heterocycles. The number of aryl methyl sites for hydroxylation is 1. The van der Waals surface area contributed by atoms with E-state index in [2.05, 4.69) is 0 Å². The Hall–Kier alpha value is -2.42. The lowest BCUT2D eigenvalue weighted by atomic mass is 10.2. The fourth-order valence-corrected chi connectivity index (χ4v) is 2.13. The van der Waals surface area contributed by atoms with Gasteiger partial charge in [-0.1, -0.05) is 6.07 Å². The zero-order valence-electron chi connectivity index (χ0n) is 11.1. The number of hydrogen-bond acceptors (Lipinski definition) is 4. The molecule has 0 saturated carbocycles. The predicted octanol–water partition coefficient (Wildman–Crippen LogP) is 1.57. The number of anilines is 1. The number of amides is 2. The molecule has 1 fully saturated rings. The van der Waals surface area contributed by atoms with E-state index in [1.165, 1.54) is 6.07 Å². The third-order valence-corrected chi connectivity index (χ3v) is 3.22. The van der Waals surface area contributed by atoms with Crippen LogP contribution >= 0.6 is 0 Å². The van der Waals surface area contributed by atoms with Gasteiger partial charge in [-0.15, -0.1) is 0 Å². The largest absolute Gasteiger partial charge is 0.281 e. The van der Waals surface area contributed by atoms with Crippen LogP contribution in [0.25, 0.3) is 0 Å². The first-order valence-electron chi connectivity index (χ1n) is 6.29. The summed E-state index contributed by atoms with van der Waals surface area (Å²) in [7, 11) is 0. The molecular weight excluding hydrogens is 261 g/mol. The van der Waals surface area contributed by atoms with Crippen LogP contribution in [0, 0.1) is 24.2 Å². The summed E-state index contributed by atoms with van der Waals surface area (Å²) in [4.78, 5) is 25.2. The highest BCUT2D eigenvalue weighted by molar-refractivity contribution is 6.01. The maximum absolute atomic E-state index is 13.7. The van der Waals surface area contributed by atoms with E-state index in [-0.39, 0.29) is 43.4 Å². The molecule has 1 aromatic rings. The number of nitriles is 1. The van der Waals surface area contributed by atoms with Gasteiger partial charge in [0.2, 0.25) is 11.8 Å². The highest BCUT2D eigenvalue weighted by atomic mass is 19.1. The normalized spacial score (nSPS) is 14.6. The van der Waals surface area contributed by atoms with Crippen molar-refractivity contribution in [2.75, 3.05) is 18.0 Å². The van der Waals surface area contributed by atoms with Gasteiger partial charge in [0.15, 0.2) is 6.19 Å². The average molecular weight is 275 g/mol. The van der Waals surface area contributed by atoms with Gasteiger partial charge in [-0.05, 0) is 24.6 Å². The van der Waals surface area contributed by atoms with Gasteiger partial charge in [0.05, 0.1) is 12.2 Å². The molecule has 20 heavy (non-hydrogen) atoms. The third-order valence-electron chi connectivity index (χ3n) is 3.22. The zero-order valence-corrected chi connectivity index (χ0v) is 11.1. The van der Waals surface area contributed by atoms with Crippen LogP contribution in [0.2, 0.25) is 0 Å². The number of halogens is 1. The predicted molar refractivity (Wildman–Crippen MR) is 70.1 cm³/mol. The van der Waals surface area contributed by atoms with Gasteiger partial charge in [-0.2, -0.15) is 5.26 Å². The van der Waals surface area contributed by atoms with Crippen LogP contribution in [0.1, 0.15) is 18.4 Å². The number of carbonyl (C=O) groups excluding carboxylic acids is 2. The summed E-state index contributed by atoms with van der Waals surface area (Å²) in [5, 5.41) is 9.12. The second-order valence-electron chi connectivity index (χ2n) is 4.65. The van der Waals surface area contributed by atoms with E-state index in [9.17, 15) is 14.0 Å². The third kappa shape index (κ3) is 2.77. The quantitative estimate of drug-likeness (QED) is 0.475. The standard InChI is InChI=1S/C14H14FN3O2/c1-10-2-3-11(15)12(8-10)17(9-16)6-7-18-13(19)4-5-14(18)20/h2-3,8H,4-7H2,1H3. The Bertz CT molecular complexity index is 579. The van der Waals surface area contributed by atoms with Crippen LogP contribution in [-0.2, 0) is 9.59 Å². The average Bonchev–Trinajstić information content (AvgIpc) is 2.74. The van der Waals surface area contributed by atoms with Gasteiger partial charge in [-0.25, -0.2) is 4.39 Å². The maximum atomic E-state index is 13.7. The van der Waals surface area contributed by atoms with E-state index in [0.717, 1.165) is 15.4 Å². The van der Waals surface area contributed by atoms with Gasteiger partial charge in [0.25, 0.3) is 0 Å². The topological polar surface area (TPSA) is 64.4 Å². The van der Waals surface area contributed by atoms with Crippen molar-refractivity contribution in [3.05, 3.63) is 29.6 Å². The van der Waals surface area contributed by atoms with Crippen LogP contribution in [0.4, 0.5) is 10.1 Å². The fraction of sp³-hybridized carbons (Fsp3) is 0.357. The summed E-state index contributed by atoms with van der Waals surface area (Å²) in [6.45, 7) is 1.99. The summed E-state index contributed by atoms with van der Waals surface area (Å²) in [5.74, 6) is -0.980. The molecule has 0 spiro atoms. The number of rotatable bonds is 4. The Kier molecular flexibility index (Phi) is 3.99. The van der Waals surface area contributed by atoms with Crippen molar-refractivity contribution in [2.45, 2.75) is 19.8 Å². The molecule has 5 nitrogen and oxygen atoms in total. The summed E-state index contributed by atoms with van der Waals surface area (Å²) in [6.07, 6.45) is 2.31. The molecule has 1 saturated heterocycles. The minimum absolute atomic E-state index is 0.0916. The molecule has 0 N–H and O–H groups in total. The summed E-state index contributed by atoms with van der Waals surface area (Å²) in [6, 6.07) is 4.47. The van der Waals surface area contributed by atoms with Crippen LogP contribution in [0.15, 0.2) is 18.2 Å². The van der Waals surface area contributed by atoms with Gasteiger partial charge < -0.3 is 0 Å². The fourth-order valence-electron chi connectivity index (χ4n) is 2.13. The van der Waals surface area contributed by atoms with E-state index < -0.39 is 5.82 Å². The van der Waals surface area contributed by atoms with Crippen LogP contribution in [-0.4, -0.2) is 29.8 Å². The summed E-state index contributed by atoms with van der Waals surface area (Å²) < 4.78 is 13.7. The molecule has 6 heteroatoms. The summed E-state index contributed by atoms with van der Waals surface area (Å²) in [5.41, 5.74) is 0.988. The zero-order chi connectivity index (χ0) is 14.7. The van der Waals surface area contributed by atoms with Crippen molar-refractivity contribution in [1.29, 1.82) is 5.26 Å². The van der Waals surface area contributed by atoms with Crippen molar-refractivity contribution in [2.24, 2.45) is 0 Å². The smallest absolute Gasteiger partial charge is 0.229 e. The number of likely N-dealkylation sites (tertiary alicyclic amines) is 1. The van der Waals surface area contributed by atoms with Crippen LogP contribution in [0.3, 0.4) is 0 Å².